The van der Waals surface area contributed by atoms with Crippen LogP contribution in [-0.4, -0.2) is 18.1 Å². The molecule has 0 heterocycles. The third kappa shape index (κ3) is 4.34. The Hall–Kier alpha value is -0.850. The van der Waals surface area contributed by atoms with E-state index in [1.165, 1.54) is 11.1 Å². The van der Waals surface area contributed by atoms with Gasteiger partial charge in [0.25, 0.3) is 0 Å². The van der Waals surface area contributed by atoms with E-state index in [1.54, 1.807) is 0 Å². The first-order valence-electron chi connectivity index (χ1n) is 5.48. The first kappa shape index (κ1) is 13.2. The quantitative estimate of drug-likeness (QED) is 0.584. The van der Waals surface area contributed by atoms with Crippen molar-refractivity contribution in [3.8, 4) is 5.75 Å². The van der Waals surface area contributed by atoms with E-state index in [4.69, 9.17) is 9.84 Å². The monoisotopic (exact) mass is 238 g/mol. The van der Waals surface area contributed by atoms with Crippen LogP contribution in [0.2, 0.25) is 0 Å². The van der Waals surface area contributed by atoms with E-state index in [-0.39, 0.29) is 6.35 Å². The van der Waals surface area contributed by atoms with Crippen LogP contribution in [-0.2, 0) is 12.6 Å². The molecule has 1 rings (SSSR count). The molecule has 2 nitrogen and oxygen atoms in total. The molecule has 88 valence electrons. The summed E-state index contributed by atoms with van der Waals surface area (Å²) in [6.45, 7) is 6.41. The topological polar surface area (TPSA) is 29.5 Å². The first-order chi connectivity index (χ1) is 7.80. The van der Waals surface area contributed by atoms with Crippen molar-refractivity contribution in [1.82, 2.24) is 0 Å². The number of rotatable bonds is 7. The van der Waals surface area contributed by atoms with Gasteiger partial charge < -0.3 is 9.84 Å². The lowest BCUT2D eigenvalue weighted by Crippen LogP contribution is -1.95. The molecule has 3 heteroatoms. The van der Waals surface area contributed by atoms with Gasteiger partial charge in [0.1, 0.15) is 5.75 Å². The van der Waals surface area contributed by atoms with Crippen molar-refractivity contribution in [2.75, 3.05) is 13.0 Å². The van der Waals surface area contributed by atoms with Gasteiger partial charge in [-0.3, -0.25) is 0 Å². The molecule has 0 aromatic heterocycles. The lowest BCUT2D eigenvalue weighted by Gasteiger charge is -2.09. The standard InChI is InChI=1S/C13H19O2P/c1-3-5-11-6-12(9-16-10-14)8-13(7-11)15-4-2/h3,6-8,14,16H,1,4-5,9-10H2,2H3. The predicted molar refractivity (Wildman–Crippen MR) is 70.6 cm³/mol. The zero-order valence-corrected chi connectivity index (χ0v) is 10.7. The molecule has 1 N–H and O–H groups in total. The van der Waals surface area contributed by atoms with Crippen LogP contribution < -0.4 is 4.74 Å². The van der Waals surface area contributed by atoms with Crippen LogP contribution in [0, 0.1) is 0 Å². The Kier molecular flexibility index (Phi) is 6.14. The van der Waals surface area contributed by atoms with E-state index in [2.05, 4.69) is 24.8 Å². The number of aliphatic hydroxyl groups is 1. The second-order valence-electron chi connectivity index (χ2n) is 3.50. The minimum atomic E-state index is 0.260. The number of benzene rings is 1. The molecule has 16 heavy (non-hydrogen) atoms. The van der Waals surface area contributed by atoms with E-state index in [0.717, 1.165) is 18.3 Å². The van der Waals surface area contributed by atoms with Gasteiger partial charge in [-0.05, 0) is 42.8 Å². The lowest BCUT2D eigenvalue weighted by molar-refractivity contribution is 0.339. The van der Waals surface area contributed by atoms with Crippen LogP contribution in [0.3, 0.4) is 0 Å². The maximum atomic E-state index is 8.84. The Morgan fingerprint density at radius 1 is 1.38 bits per heavy atom. The highest BCUT2D eigenvalue weighted by atomic mass is 31.1. The normalized spacial score (nSPS) is 10.9. The molecule has 0 saturated carbocycles. The van der Waals surface area contributed by atoms with Crippen LogP contribution in [0.1, 0.15) is 18.1 Å². The van der Waals surface area contributed by atoms with Crippen LogP contribution in [0.25, 0.3) is 0 Å². The largest absolute Gasteiger partial charge is 0.494 e. The van der Waals surface area contributed by atoms with E-state index >= 15 is 0 Å². The smallest absolute Gasteiger partial charge is 0.119 e. The molecular formula is C13H19O2P. The summed E-state index contributed by atoms with van der Waals surface area (Å²) in [6, 6.07) is 6.27. The summed E-state index contributed by atoms with van der Waals surface area (Å²) < 4.78 is 5.52. The van der Waals surface area contributed by atoms with Gasteiger partial charge in [-0.2, -0.15) is 0 Å². The first-order valence-corrected chi connectivity index (χ1v) is 6.89. The molecule has 1 unspecified atom stereocenters. The zero-order valence-electron chi connectivity index (χ0n) is 9.70. The van der Waals surface area contributed by atoms with Crippen molar-refractivity contribution in [3.63, 3.8) is 0 Å². The number of allylic oxidation sites excluding steroid dienone is 1. The Balaban J connectivity index is 2.84. The van der Waals surface area contributed by atoms with Gasteiger partial charge in [0.2, 0.25) is 0 Å². The second-order valence-corrected chi connectivity index (χ2v) is 4.67. The third-order valence-corrected chi connectivity index (χ3v) is 3.04. The number of aliphatic hydroxyl groups excluding tert-OH is 1. The highest BCUT2D eigenvalue weighted by molar-refractivity contribution is 7.36. The van der Waals surface area contributed by atoms with Crippen LogP contribution in [0.5, 0.6) is 5.75 Å². The minimum absolute atomic E-state index is 0.260. The van der Waals surface area contributed by atoms with Gasteiger partial charge in [-0.1, -0.05) is 20.7 Å². The summed E-state index contributed by atoms with van der Waals surface area (Å²) in [7, 11) is 0.563. The summed E-state index contributed by atoms with van der Waals surface area (Å²) in [4.78, 5) is 0. The Bertz CT molecular complexity index is 337. The fourth-order valence-electron chi connectivity index (χ4n) is 1.57. The highest BCUT2D eigenvalue weighted by Crippen LogP contribution is 2.23. The average molecular weight is 238 g/mol. The summed E-state index contributed by atoms with van der Waals surface area (Å²) in [5, 5.41) is 8.84. The molecule has 1 aromatic carbocycles. The number of hydrogen-bond acceptors (Lipinski definition) is 2. The summed E-state index contributed by atoms with van der Waals surface area (Å²) in [5.41, 5.74) is 2.45. The SMILES string of the molecule is C=CCc1cc(CPCO)cc(OCC)c1. The predicted octanol–water partition coefficient (Wildman–Crippen LogP) is 2.94. The van der Waals surface area contributed by atoms with E-state index in [1.807, 2.05) is 13.0 Å². The molecular weight excluding hydrogens is 219 g/mol. The lowest BCUT2D eigenvalue weighted by atomic mass is 10.1. The molecule has 0 aliphatic carbocycles. The van der Waals surface area contributed by atoms with Gasteiger partial charge in [0.15, 0.2) is 0 Å². The van der Waals surface area contributed by atoms with Crippen molar-refractivity contribution in [1.29, 1.82) is 0 Å². The zero-order chi connectivity index (χ0) is 11.8. The highest BCUT2D eigenvalue weighted by Gasteiger charge is 2.01. The molecule has 0 amide bonds. The Morgan fingerprint density at radius 3 is 2.75 bits per heavy atom. The fraction of sp³-hybridized carbons (Fsp3) is 0.385. The van der Waals surface area contributed by atoms with Crippen LogP contribution in [0.15, 0.2) is 30.9 Å². The maximum Gasteiger partial charge on any atom is 0.119 e. The second kappa shape index (κ2) is 7.43. The molecule has 0 aliphatic rings. The van der Waals surface area contributed by atoms with Crippen LogP contribution >= 0.6 is 8.58 Å². The summed E-state index contributed by atoms with van der Waals surface area (Å²) in [6.07, 6.45) is 3.93. The van der Waals surface area contributed by atoms with Crippen molar-refractivity contribution in [3.05, 3.63) is 42.0 Å². The van der Waals surface area contributed by atoms with E-state index in [0.29, 0.717) is 15.2 Å². The van der Waals surface area contributed by atoms with E-state index in [9.17, 15) is 0 Å². The Labute approximate surface area is 99.1 Å². The van der Waals surface area contributed by atoms with Crippen molar-refractivity contribution in [2.45, 2.75) is 19.5 Å². The molecule has 0 bridgehead atoms. The van der Waals surface area contributed by atoms with E-state index < -0.39 is 0 Å². The molecule has 1 aromatic rings. The summed E-state index contributed by atoms with van der Waals surface area (Å²) >= 11 is 0. The molecule has 0 saturated heterocycles. The van der Waals surface area contributed by atoms with Gasteiger partial charge >= 0.3 is 0 Å². The number of hydrogen-bond donors (Lipinski definition) is 1. The fourth-order valence-corrected chi connectivity index (χ4v) is 2.17. The van der Waals surface area contributed by atoms with Gasteiger partial charge in [0.05, 0.1) is 13.0 Å². The molecule has 0 radical (unpaired) electrons. The maximum absolute atomic E-state index is 8.84. The third-order valence-electron chi connectivity index (χ3n) is 2.16. The Morgan fingerprint density at radius 2 is 2.12 bits per heavy atom. The van der Waals surface area contributed by atoms with Gasteiger partial charge in [-0.15, -0.1) is 6.58 Å². The molecule has 0 spiro atoms. The van der Waals surface area contributed by atoms with Crippen molar-refractivity contribution < 1.29 is 9.84 Å². The molecule has 1 atom stereocenters. The summed E-state index contributed by atoms with van der Waals surface area (Å²) in [5.74, 6) is 0.916. The number of ether oxygens (including phenoxy) is 1. The average Bonchev–Trinajstić information content (AvgIpc) is 2.27. The van der Waals surface area contributed by atoms with Crippen LogP contribution in [0.4, 0.5) is 0 Å². The van der Waals surface area contributed by atoms with Gasteiger partial charge in [-0.25, -0.2) is 0 Å². The van der Waals surface area contributed by atoms with Crippen molar-refractivity contribution in [2.24, 2.45) is 0 Å². The minimum Gasteiger partial charge on any atom is -0.494 e. The molecule has 0 fully saturated rings. The molecule has 0 aliphatic heterocycles. The van der Waals surface area contributed by atoms with Gasteiger partial charge in [0, 0.05) is 0 Å². The van der Waals surface area contributed by atoms with Crippen molar-refractivity contribution >= 4 is 8.58 Å².